The first-order chi connectivity index (χ1) is 13.7. The first kappa shape index (κ1) is 27.8. The van der Waals surface area contributed by atoms with Crippen molar-refractivity contribution in [3.05, 3.63) is 0 Å². The fourth-order valence-corrected chi connectivity index (χ4v) is 3.14. The van der Waals surface area contributed by atoms with Gasteiger partial charge in [-0.3, -0.25) is 0 Å². The minimum atomic E-state index is -0.208. The van der Waals surface area contributed by atoms with E-state index in [2.05, 4.69) is 35.1 Å². The van der Waals surface area contributed by atoms with Crippen molar-refractivity contribution in [1.82, 2.24) is 21.3 Å². The molecular formula is C22H50N4O2. The highest BCUT2D eigenvalue weighted by atomic mass is 16.3. The van der Waals surface area contributed by atoms with E-state index in [0.29, 0.717) is 13.1 Å². The van der Waals surface area contributed by atoms with Gasteiger partial charge in [-0.05, 0) is 12.8 Å². The molecule has 0 fully saturated rings. The molecule has 0 saturated carbocycles. The van der Waals surface area contributed by atoms with E-state index in [-0.39, 0.29) is 12.2 Å². The van der Waals surface area contributed by atoms with Gasteiger partial charge in [-0.2, -0.15) is 0 Å². The zero-order valence-electron chi connectivity index (χ0n) is 18.8. The lowest BCUT2D eigenvalue weighted by Gasteiger charge is -2.13. The molecule has 0 rings (SSSR count). The smallest absolute Gasteiger partial charge is 0.0664 e. The van der Waals surface area contributed by atoms with Gasteiger partial charge in [-0.25, -0.2) is 0 Å². The van der Waals surface area contributed by atoms with Crippen LogP contribution in [0.2, 0.25) is 0 Å². The summed E-state index contributed by atoms with van der Waals surface area (Å²) in [6.45, 7) is 11.3. The molecule has 170 valence electrons. The molecule has 6 N–H and O–H groups in total. The summed E-state index contributed by atoms with van der Waals surface area (Å²) in [6.07, 6.45) is 11.2. The SMILES string of the molecule is CCCCCCC(O)CNCCNCCNCCNCC(O)CCCCCC. The normalized spacial score (nSPS) is 13.7. The molecular weight excluding hydrogens is 352 g/mol. The van der Waals surface area contributed by atoms with E-state index in [1.165, 1.54) is 38.5 Å². The molecule has 0 amide bonds. The zero-order valence-corrected chi connectivity index (χ0v) is 18.8. The summed E-state index contributed by atoms with van der Waals surface area (Å²) in [5.41, 5.74) is 0. The van der Waals surface area contributed by atoms with Gasteiger partial charge >= 0.3 is 0 Å². The van der Waals surface area contributed by atoms with Gasteiger partial charge in [-0.15, -0.1) is 0 Å². The van der Waals surface area contributed by atoms with Gasteiger partial charge in [0, 0.05) is 52.4 Å². The molecule has 6 heteroatoms. The van der Waals surface area contributed by atoms with Crippen molar-refractivity contribution in [2.24, 2.45) is 0 Å². The summed E-state index contributed by atoms with van der Waals surface area (Å²) in [7, 11) is 0. The van der Waals surface area contributed by atoms with Crippen molar-refractivity contribution >= 4 is 0 Å². The Hall–Kier alpha value is -0.240. The van der Waals surface area contributed by atoms with Crippen LogP contribution in [0.1, 0.15) is 78.1 Å². The number of unbranched alkanes of at least 4 members (excludes halogenated alkanes) is 6. The van der Waals surface area contributed by atoms with Crippen molar-refractivity contribution in [2.75, 3.05) is 52.4 Å². The standard InChI is InChI=1S/C22H50N4O2/c1-3-5-7-9-11-21(27)19-25-17-15-23-13-14-24-16-18-26-20-22(28)12-10-8-6-4-2/h21-28H,3-20H2,1-2H3. The van der Waals surface area contributed by atoms with Gasteiger partial charge in [0.15, 0.2) is 0 Å². The van der Waals surface area contributed by atoms with Gasteiger partial charge in [0.1, 0.15) is 0 Å². The molecule has 28 heavy (non-hydrogen) atoms. The Bertz CT molecular complexity index is 268. The van der Waals surface area contributed by atoms with E-state index in [1.54, 1.807) is 0 Å². The van der Waals surface area contributed by atoms with Crippen LogP contribution < -0.4 is 21.3 Å². The van der Waals surface area contributed by atoms with Crippen molar-refractivity contribution in [3.63, 3.8) is 0 Å². The number of hydrogen-bond acceptors (Lipinski definition) is 6. The zero-order chi connectivity index (χ0) is 20.7. The first-order valence-electron chi connectivity index (χ1n) is 11.9. The molecule has 0 aliphatic rings. The van der Waals surface area contributed by atoms with E-state index >= 15 is 0 Å². The lowest BCUT2D eigenvalue weighted by atomic mass is 10.1. The summed E-state index contributed by atoms with van der Waals surface area (Å²) in [5.74, 6) is 0. The fraction of sp³-hybridized carbons (Fsp3) is 1.00. The van der Waals surface area contributed by atoms with Crippen LogP contribution in [0.3, 0.4) is 0 Å². The summed E-state index contributed by atoms with van der Waals surface area (Å²) < 4.78 is 0. The molecule has 0 heterocycles. The Morgan fingerprint density at radius 3 is 1.21 bits per heavy atom. The number of rotatable bonds is 23. The number of aliphatic hydroxyl groups excluding tert-OH is 2. The van der Waals surface area contributed by atoms with Crippen LogP contribution in [0.15, 0.2) is 0 Å². The minimum absolute atomic E-state index is 0.208. The van der Waals surface area contributed by atoms with Crippen LogP contribution in [0.25, 0.3) is 0 Å². The summed E-state index contributed by atoms with van der Waals surface area (Å²) in [5, 5.41) is 33.2. The molecule has 0 aliphatic heterocycles. The second-order valence-corrected chi connectivity index (χ2v) is 7.91. The molecule has 0 spiro atoms. The molecule has 0 radical (unpaired) electrons. The van der Waals surface area contributed by atoms with Crippen LogP contribution in [0.5, 0.6) is 0 Å². The number of hydrogen-bond donors (Lipinski definition) is 6. The van der Waals surface area contributed by atoms with E-state index in [4.69, 9.17) is 0 Å². The largest absolute Gasteiger partial charge is 0.392 e. The molecule has 0 aliphatic carbocycles. The van der Waals surface area contributed by atoms with Crippen molar-refractivity contribution in [2.45, 2.75) is 90.3 Å². The van der Waals surface area contributed by atoms with Crippen LogP contribution in [-0.4, -0.2) is 74.8 Å². The molecule has 6 nitrogen and oxygen atoms in total. The minimum Gasteiger partial charge on any atom is -0.392 e. The maximum Gasteiger partial charge on any atom is 0.0664 e. The van der Waals surface area contributed by atoms with E-state index < -0.39 is 0 Å². The molecule has 2 atom stereocenters. The van der Waals surface area contributed by atoms with Crippen LogP contribution in [0, 0.1) is 0 Å². The van der Waals surface area contributed by atoms with Gasteiger partial charge in [0.25, 0.3) is 0 Å². The van der Waals surface area contributed by atoms with E-state index in [9.17, 15) is 10.2 Å². The Labute approximate surface area is 174 Å². The predicted molar refractivity (Wildman–Crippen MR) is 121 cm³/mol. The highest BCUT2D eigenvalue weighted by molar-refractivity contribution is 4.63. The fourth-order valence-electron chi connectivity index (χ4n) is 3.14. The third kappa shape index (κ3) is 22.1. The lowest BCUT2D eigenvalue weighted by Crippen LogP contribution is -2.37. The monoisotopic (exact) mass is 402 g/mol. The first-order valence-corrected chi connectivity index (χ1v) is 11.9. The van der Waals surface area contributed by atoms with E-state index in [0.717, 1.165) is 65.0 Å². The topological polar surface area (TPSA) is 88.6 Å². The molecule has 0 aromatic carbocycles. The predicted octanol–water partition coefficient (Wildman–Crippen LogP) is 2.01. The van der Waals surface area contributed by atoms with Crippen LogP contribution in [0.4, 0.5) is 0 Å². The van der Waals surface area contributed by atoms with Crippen LogP contribution >= 0.6 is 0 Å². The Kier molecular flexibility index (Phi) is 22.8. The maximum atomic E-state index is 9.88. The third-order valence-corrected chi connectivity index (χ3v) is 4.98. The molecule has 2 unspecified atom stereocenters. The van der Waals surface area contributed by atoms with Gasteiger partial charge in [-0.1, -0.05) is 65.2 Å². The Morgan fingerprint density at radius 1 is 0.500 bits per heavy atom. The number of aliphatic hydroxyl groups is 2. The molecule has 0 bridgehead atoms. The average molecular weight is 403 g/mol. The molecule has 0 aromatic heterocycles. The van der Waals surface area contributed by atoms with Gasteiger partial charge in [0.05, 0.1) is 12.2 Å². The maximum absolute atomic E-state index is 9.88. The summed E-state index contributed by atoms with van der Waals surface area (Å²) >= 11 is 0. The highest BCUT2D eigenvalue weighted by Gasteiger charge is 2.03. The van der Waals surface area contributed by atoms with Gasteiger partial charge in [0.2, 0.25) is 0 Å². The second kappa shape index (κ2) is 23.0. The van der Waals surface area contributed by atoms with Gasteiger partial charge < -0.3 is 31.5 Å². The quantitative estimate of drug-likeness (QED) is 0.147. The highest BCUT2D eigenvalue weighted by Crippen LogP contribution is 2.05. The molecule has 0 saturated heterocycles. The average Bonchev–Trinajstić information content (AvgIpc) is 2.69. The summed E-state index contributed by atoms with van der Waals surface area (Å²) in [6, 6.07) is 0. The van der Waals surface area contributed by atoms with Crippen molar-refractivity contribution in [1.29, 1.82) is 0 Å². The molecule has 0 aromatic rings. The van der Waals surface area contributed by atoms with E-state index in [1.807, 2.05) is 0 Å². The van der Waals surface area contributed by atoms with Crippen molar-refractivity contribution in [3.8, 4) is 0 Å². The Morgan fingerprint density at radius 2 is 0.857 bits per heavy atom. The Balaban J connectivity index is 3.17. The second-order valence-electron chi connectivity index (χ2n) is 7.91. The van der Waals surface area contributed by atoms with Crippen LogP contribution in [-0.2, 0) is 0 Å². The van der Waals surface area contributed by atoms with Crippen molar-refractivity contribution < 1.29 is 10.2 Å². The lowest BCUT2D eigenvalue weighted by molar-refractivity contribution is 0.158. The third-order valence-electron chi connectivity index (χ3n) is 4.98. The summed E-state index contributed by atoms with van der Waals surface area (Å²) in [4.78, 5) is 0. The number of nitrogens with one attached hydrogen (secondary N) is 4.